The third kappa shape index (κ3) is 5.13. The van der Waals surface area contributed by atoms with Crippen molar-refractivity contribution in [2.24, 2.45) is 11.8 Å². The Morgan fingerprint density at radius 1 is 1.06 bits per heavy atom. The van der Waals surface area contributed by atoms with Crippen molar-refractivity contribution in [1.82, 2.24) is 15.0 Å². The van der Waals surface area contributed by atoms with Crippen LogP contribution < -0.4 is 15.0 Å². The van der Waals surface area contributed by atoms with Crippen LogP contribution in [0.25, 0.3) is 0 Å². The summed E-state index contributed by atoms with van der Waals surface area (Å²) in [5.74, 6) is 0.884. The van der Waals surface area contributed by atoms with Gasteiger partial charge in [0.2, 0.25) is 11.9 Å². The van der Waals surface area contributed by atoms with Crippen molar-refractivity contribution < 1.29 is 18.7 Å². The Balaban J connectivity index is 1.46. The maximum atomic E-state index is 14.3. The standard InChI is InChI=1S/C26H24FN5O3/c1-34-23(33)18-9-6-10-20(15-18)35-26-30-24(28-22-12-5-4-11-21(22)27)29-25(31-26)32-14-13-17-7-2-3-8-19(17)16-32/h2-12,15,17,19H,13-14,16H2,1H3,(H,28,29,30,31). The van der Waals surface area contributed by atoms with Crippen LogP contribution in [0.4, 0.5) is 22.0 Å². The minimum atomic E-state index is -0.480. The van der Waals surface area contributed by atoms with E-state index in [2.05, 4.69) is 49.5 Å². The lowest BCUT2D eigenvalue weighted by molar-refractivity contribution is 0.0600. The molecule has 1 saturated heterocycles. The van der Waals surface area contributed by atoms with Gasteiger partial charge in [-0.3, -0.25) is 0 Å². The fourth-order valence-corrected chi connectivity index (χ4v) is 4.22. The van der Waals surface area contributed by atoms with Gasteiger partial charge in [-0.15, -0.1) is 0 Å². The molecule has 1 N–H and O–H groups in total. The summed E-state index contributed by atoms with van der Waals surface area (Å²) in [6.07, 6.45) is 9.55. The first kappa shape index (κ1) is 22.5. The summed E-state index contributed by atoms with van der Waals surface area (Å²) in [5, 5.41) is 2.93. The Morgan fingerprint density at radius 3 is 2.71 bits per heavy atom. The van der Waals surface area contributed by atoms with E-state index in [0.717, 1.165) is 19.5 Å². The van der Waals surface area contributed by atoms with Crippen molar-refractivity contribution in [2.45, 2.75) is 6.42 Å². The Bertz CT molecular complexity index is 1300. The lowest BCUT2D eigenvalue weighted by atomic mass is 9.83. The molecule has 0 radical (unpaired) electrons. The molecule has 35 heavy (non-hydrogen) atoms. The number of halogens is 1. The molecule has 2 atom stereocenters. The number of methoxy groups -OCH3 is 1. The molecule has 0 saturated carbocycles. The number of piperidine rings is 1. The first-order chi connectivity index (χ1) is 17.1. The van der Waals surface area contributed by atoms with Crippen molar-refractivity contribution in [1.29, 1.82) is 0 Å². The fourth-order valence-electron chi connectivity index (χ4n) is 4.22. The van der Waals surface area contributed by atoms with Gasteiger partial charge < -0.3 is 19.7 Å². The second kappa shape index (κ2) is 9.92. The number of nitrogens with one attached hydrogen (secondary N) is 1. The fraction of sp³-hybridized carbons (Fsp3) is 0.231. The van der Waals surface area contributed by atoms with Crippen LogP contribution in [0, 0.1) is 17.7 Å². The van der Waals surface area contributed by atoms with E-state index in [1.54, 1.807) is 42.5 Å². The SMILES string of the molecule is COC(=O)c1cccc(Oc2nc(Nc3ccccc3F)nc(N3CCC4C=CC=CC4C3)n2)c1. The quantitative estimate of drug-likeness (QED) is 0.506. The van der Waals surface area contributed by atoms with E-state index in [1.165, 1.54) is 13.2 Å². The minimum Gasteiger partial charge on any atom is -0.465 e. The number of benzene rings is 2. The summed E-state index contributed by atoms with van der Waals surface area (Å²) < 4.78 is 25.0. The van der Waals surface area contributed by atoms with Gasteiger partial charge in [0.15, 0.2) is 0 Å². The molecule has 2 unspecified atom stereocenters. The minimum absolute atomic E-state index is 0.0251. The van der Waals surface area contributed by atoms with Crippen molar-refractivity contribution in [3.63, 3.8) is 0 Å². The number of esters is 1. The van der Waals surface area contributed by atoms with Crippen molar-refractivity contribution in [3.8, 4) is 11.8 Å². The molecule has 1 fully saturated rings. The zero-order valence-corrected chi connectivity index (χ0v) is 19.1. The third-order valence-electron chi connectivity index (χ3n) is 6.01. The van der Waals surface area contributed by atoms with Crippen LogP contribution in [0.2, 0.25) is 0 Å². The molecule has 9 heteroatoms. The summed E-state index contributed by atoms with van der Waals surface area (Å²) in [5.41, 5.74) is 0.575. The van der Waals surface area contributed by atoms with Crippen LogP contribution in [0.15, 0.2) is 72.8 Å². The number of rotatable bonds is 6. The number of fused-ring (bicyclic) bond motifs is 1. The van der Waals surface area contributed by atoms with Crippen LogP contribution in [-0.4, -0.2) is 41.1 Å². The van der Waals surface area contributed by atoms with E-state index < -0.39 is 11.8 Å². The largest absolute Gasteiger partial charge is 0.465 e. The zero-order valence-electron chi connectivity index (χ0n) is 19.1. The summed E-state index contributed by atoms with van der Waals surface area (Å²) in [7, 11) is 1.31. The van der Waals surface area contributed by atoms with Crippen molar-refractivity contribution in [2.75, 3.05) is 30.4 Å². The van der Waals surface area contributed by atoms with E-state index >= 15 is 0 Å². The van der Waals surface area contributed by atoms with Gasteiger partial charge in [0.1, 0.15) is 11.6 Å². The lowest BCUT2D eigenvalue weighted by Gasteiger charge is -2.37. The van der Waals surface area contributed by atoms with Crippen LogP contribution >= 0.6 is 0 Å². The van der Waals surface area contributed by atoms with E-state index in [1.807, 2.05) is 0 Å². The average molecular weight is 474 g/mol. The van der Waals surface area contributed by atoms with Gasteiger partial charge in [-0.25, -0.2) is 9.18 Å². The smallest absolute Gasteiger partial charge is 0.337 e. The predicted molar refractivity (Wildman–Crippen MR) is 129 cm³/mol. The highest BCUT2D eigenvalue weighted by Gasteiger charge is 2.29. The molecule has 2 aromatic carbocycles. The van der Waals surface area contributed by atoms with E-state index in [0.29, 0.717) is 29.1 Å². The molecule has 5 rings (SSSR count). The maximum absolute atomic E-state index is 14.3. The Labute approximate surface area is 202 Å². The molecule has 1 aliphatic carbocycles. The number of nitrogens with zero attached hydrogens (tertiary/aromatic N) is 4. The molecule has 0 spiro atoms. The third-order valence-corrected chi connectivity index (χ3v) is 6.01. The first-order valence-corrected chi connectivity index (χ1v) is 11.3. The van der Waals surface area contributed by atoms with E-state index in [-0.39, 0.29) is 17.6 Å². The zero-order chi connectivity index (χ0) is 24.2. The molecular formula is C26H24FN5O3. The Kier molecular flexibility index (Phi) is 6.38. The van der Waals surface area contributed by atoms with Crippen molar-refractivity contribution >= 4 is 23.6 Å². The number of allylic oxidation sites excluding steroid dienone is 3. The highest BCUT2D eigenvalue weighted by molar-refractivity contribution is 5.89. The summed E-state index contributed by atoms with van der Waals surface area (Å²) in [6, 6.07) is 12.8. The van der Waals surface area contributed by atoms with Crippen LogP contribution in [0.1, 0.15) is 16.8 Å². The number of hydrogen-bond acceptors (Lipinski definition) is 8. The number of carbonyl (C=O) groups excluding carboxylic acids is 1. The molecule has 1 aliphatic heterocycles. The van der Waals surface area contributed by atoms with Gasteiger partial charge in [0, 0.05) is 19.0 Å². The molecule has 8 nitrogen and oxygen atoms in total. The Hall–Kier alpha value is -4.27. The topological polar surface area (TPSA) is 89.5 Å². The summed E-state index contributed by atoms with van der Waals surface area (Å²) >= 11 is 0. The van der Waals surface area contributed by atoms with Gasteiger partial charge in [-0.1, -0.05) is 42.5 Å². The number of para-hydroxylation sites is 1. The highest BCUT2D eigenvalue weighted by atomic mass is 19.1. The second-order valence-corrected chi connectivity index (χ2v) is 8.30. The highest BCUT2D eigenvalue weighted by Crippen LogP contribution is 2.32. The van der Waals surface area contributed by atoms with Crippen LogP contribution in [-0.2, 0) is 4.74 Å². The van der Waals surface area contributed by atoms with Crippen molar-refractivity contribution in [3.05, 3.63) is 84.2 Å². The molecular weight excluding hydrogens is 449 g/mol. The van der Waals surface area contributed by atoms with Gasteiger partial charge in [-0.2, -0.15) is 15.0 Å². The van der Waals surface area contributed by atoms with Gasteiger partial charge >= 0.3 is 12.0 Å². The van der Waals surface area contributed by atoms with Crippen LogP contribution in [0.5, 0.6) is 11.8 Å². The van der Waals surface area contributed by atoms with E-state index in [4.69, 9.17) is 9.47 Å². The summed E-state index contributed by atoms with van der Waals surface area (Å²) in [6.45, 7) is 1.51. The summed E-state index contributed by atoms with van der Waals surface area (Å²) in [4.78, 5) is 27.4. The van der Waals surface area contributed by atoms with Crippen LogP contribution in [0.3, 0.4) is 0 Å². The number of aromatic nitrogens is 3. The second-order valence-electron chi connectivity index (χ2n) is 8.30. The number of hydrogen-bond donors (Lipinski definition) is 1. The van der Waals surface area contributed by atoms with Gasteiger partial charge in [0.05, 0.1) is 18.4 Å². The molecule has 178 valence electrons. The molecule has 0 bridgehead atoms. The maximum Gasteiger partial charge on any atom is 0.337 e. The molecule has 1 aromatic heterocycles. The van der Waals surface area contributed by atoms with Gasteiger partial charge in [0.25, 0.3) is 0 Å². The number of ether oxygens (including phenoxy) is 2. The molecule has 2 aliphatic rings. The molecule has 0 amide bonds. The normalized spacial score (nSPS) is 18.6. The Morgan fingerprint density at radius 2 is 1.89 bits per heavy atom. The van der Waals surface area contributed by atoms with E-state index in [9.17, 15) is 9.18 Å². The average Bonchev–Trinajstić information content (AvgIpc) is 2.89. The first-order valence-electron chi connectivity index (χ1n) is 11.3. The molecule has 3 aromatic rings. The molecule has 2 heterocycles. The monoisotopic (exact) mass is 473 g/mol. The number of anilines is 3. The lowest BCUT2D eigenvalue weighted by Crippen LogP contribution is -2.40. The number of carbonyl (C=O) groups is 1. The predicted octanol–water partition coefficient (Wildman–Crippen LogP) is 4.90. The van der Waals surface area contributed by atoms with Gasteiger partial charge in [-0.05, 0) is 42.7 Å².